The van der Waals surface area contributed by atoms with E-state index in [2.05, 4.69) is 43.1 Å². The molecule has 1 aromatic carbocycles. The molecule has 0 saturated heterocycles. The first kappa shape index (κ1) is 18.0. The topological polar surface area (TPSA) is 85.2 Å². The van der Waals surface area contributed by atoms with E-state index in [1.54, 1.807) is 6.33 Å². The second-order valence-corrected chi connectivity index (χ2v) is 7.98. The van der Waals surface area contributed by atoms with E-state index in [1.165, 1.54) is 5.56 Å². The molecule has 8 nitrogen and oxygen atoms in total. The maximum absolute atomic E-state index is 5.69. The summed E-state index contributed by atoms with van der Waals surface area (Å²) in [4.78, 5) is 20.6. The molecule has 0 atom stereocenters. The molecule has 0 aliphatic carbocycles. The van der Waals surface area contributed by atoms with Crippen LogP contribution in [0.25, 0.3) is 11.1 Å². The van der Waals surface area contributed by atoms with Crippen molar-refractivity contribution in [3.63, 3.8) is 0 Å². The number of anilines is 1. The summed E-state index contributed by atoms with van der Waals surface area (Å²) in [6, 6.07) is 8.49. The molecule has 31 heavy (non-hydrogen) atoms. The highest BCUT2D eigenvalue weighted by Gasteiger charge is 2.24. The first-order chi connectivity index (χ1) is 15.1. The van der Waals surface area contributed by atoms with Gasteiger partial charge in [-0.2, -0.15) is 5.10 Å². The predicted octanol–water partition coefficient (Wildman–Crippen LogP) is 3.09. The molecule has 6 rings (SSSR count). The summed E-state index contributed by atoms with van der Waals surface area (Å²) in [6.45, 7) is 4.09. The zero-order valence-electron chi connectivity index (χ0n) is 17.4. The van der Waals surface area contributed by atoms with Crippen LogP contribution in [0.1, 0.15) is 34.2 Å². The van der Waals surface area contributed by atoms with Gasteiger partial charge in [0.1, 0.15) is 23.6 Å². The van der Waals surface area contributed by atoms with Crippen LogP contribution < -0.4 is 4.90 Å². The first-order valence-corrected chi connectivity index (χ1v) is 10.3. The van der Waals surface area contributed by atoms with Crippen molar-refractivity contribution in [2.24, 2.45) is 12.0 Å². The Balaban J connectivity index is 1.32. The van der Waals surface area contributed by atoms with E-state index < -0.39 is 0 Å². The molecule has 0 saturated carbocycles. The van der Waals surface area contributed by atoms with Gasteiger partial charge in [0.25, 0.3) is 0 Å². The number of aryl methyl sites for hydroxylation is 2. The number of nitrogens with zero attached hydrogens (tertiary/aromatic N) is 7. The Morgan fingerprint density at radius 3 is 2.90 bits per heavy atom. The SMILES string of the molecule is Cc1nc2c(o1)CCN(c1cc(C3=NCc4ccc(-c5cnn(C)c5)cc43)ncn1)C2. The van der Waals surface area contributed by atoms with Gasteiger partial charge in [0.05, 0.1) is 30.7 Å². The van der Waals surface area contributed by atoms with Gasteiger partial charge in [-0.25, -0.2) is 15.0 Å². The van der Waals surface area contributed by atoms with Crippen LogP contribution in [-0.4, -0.2) is 37.0 Å². The second kappa shape index (κ2) is 6.87. The summed E-state index contributed by atoms with van der Waals surface area (Å²) in [5.41, 5.74) is 7.30. The van der Waals surface area contributed by atoms with Crippen molar-refractivity contribution in [3.8, 4) is 11.1 Å². The molecule has 154 valence electrons. The van der Waals surface area contributed by atoms with Gasteiger partial charge in [-0.3, -0.25) is 9.67 Å². The molecular weight excluding hydrogens is 390 g/mol. The monoisotopic (exact) mass is 411 g/mol. The van der Waals surface area contributed by atoms with Crippen molar-refractivity contribution in [2.45, 2.75) is 26.4 Å². The number of oxazole rings is 1. The fourth-order valence-corrected chi connectivity index (χ4v) is 4.33. The van der Waals surface area contributed by atoms with Crippen molar-refractivity contribution in [1.82, 2.24) is 24.7 Å². The number of hydrogen-bond donors (Lipinski definition) is 0. The van der Waals surface area contributed by atoms with Crippen LogP contribution in [0.4, 0.5) is 5.82 Å². The Morgan fingerprint density at radius 1 is 1.10 bits per heavy atom. The lowest BCUT2D eigenvalue weighted by Crippen LogP contribution is -2.31. The number of rotatable bonds is 3. The third-order valence-corrected chi connectivity index (χ3v) is 5.86. The molecule has 8 heteroatoms. The smallest absolute Gasteiger partial charge is 0.191 e. The van der Waals surface area contributed by atoms with Crippen molar-refractivity contribution >= 4 is 11.5 Å². The Bertz CT molecular complexity index is 1330. The summed E-state index contributed by atoms with van der Waals surface area (Å²) in [5, 5.41) is 4.29. The maximum atomic E-state index is 5.69. The number of aromatic nitrogens is 5. The van der Waals surface area contributed by atoms with Crippen LogP contribution in [0.2, 0.25) is 0 Å². The number of aliphatic imine (C=N–C) groups is 1. The normalized spacial score (nSPS) is 15.0. The van der Waals surface area contributed by atoms with E-state index in [9.17, 15) is 0 Å². The van der Waals surface area contributed by atoms with Gasteiger partial charge in [0.2, 0.25) is 0 Å². The first-order valence-electron chi connectivity index (χ1n) is 10.3. The highest BCUT2D eigenvalue weighted by molar-refractivity contribution is 6.14. The lowest BCUT2D eigenvalue weighted by atomic mass is 9.98. The Labute approximate surface area is 179 Å². The summed E-state index contributed by atoms with van der Waals surface area (Å²) < 4.78 is 7.50. The van der Waals surface area contributed by atoms with Crippen LogP contribution in [0.15, 0.2) is 52.4 Å². The lowest BCUT2D eigenvalue weighted by molar-refractivity contribution is 0.463. The van der Waals surface area contributed by atoms with Gasteiger partial charge in [-0.15, -0.1) is 0 Å². The van der Waals surface area contributed by atoms with Crippen molar-refractivity contribution < 1.29 is 4.42 Å². The van der Waals surface area contributed by atoms with Crippen molar-refractivity contribution in [3.05, 3.63) is 77.2 Å². The van der Waals surface area contributed by atoms with Crippen molar-refractivity contribution in [2.75, 3.05) is 11.4 Å². The molecule has 0 unspecified atom stereocenters. The third-order valence-electron chi connectivity index (χ3n) is 5.86. The molecule has 0 amide bonds. The molecule has 0 bridgehead atoms. The zero-order chi connectivity index (χ0) is 20.9. The largest absolute Gasteiger partial charge is 0.446 e. The summed E-state index contributed by atoms with van der Waals surface area (Å²) in [5.74, 6) is 2.59. The van der Waals surface area contributed by atoms with Gasteiger partial charge in [-0.05, 0) is 17.2 Å². The van der Waals surface area contributed by atoms with E-state index in [0.29, 0.717) is 13.1 Å². The quantitative estimate of drug-likeness (QED) is 0.515. The molecule has 0 fully saturated rings. The van der Waals surface area contributed by atoms with E-state index >= 15 is 0 Å². The minimum Gasteiger partial charge on any atom is -0.446 e. The molecule has 0 N–H and O–H groups in total. The van der Waals surface area contributed by atoms with Crippen LogP contribution in [-0.2, 0) is 26.6 Å². The fraction of sp³-hybridized carbons (Fsp3) is 0.261. The van der Waals surface area contributed by atoms with Gasteiger partial charge < -0.3 is 9.32 Å². The van der Waals surface area contributed by atoms with Crippen LogP contribution in [0.3, 0.4) is 0 Å². The van der Waals surface area contributed by atoms with Gasteiger partial charge in [-0.1, -0.05) is 12.1 Å². The standard InChI is InChI=1S/C23H21N7O/c1-14-28-20-12-30(6-5-21(20)31-14)22-8-19(25-13-26-22)23-18-7-15(3-4-16(18)9-24-23)17-10-27-29(2)11-17/h3-4,7-8,10-11,13H,5-6,9,12H2,1-2H3. The minimum absolute atomic E-state index is 0.669. The van der Waals surface area contributed by atoms with Crippen LogP contribution in [0.5, 0.6) is 0 Å². The van der Waals surface area contributed by atoms with E-state index in [-0.39, 0.29) is 0 Å². The Hall–Kier alpha value is -3.81. The zero-order valence-corrected chi connectivity index (χ0v) is 17.4. The summed E-state index contributed by atoms with van der Waals surface area (Å²) in [7, 11) is 1.93. The maximum Gasteiger partial charge on any atom is 0.191 e. The van der Waals surface area contributed by atoms with Gasteiger partial charge in [0, 0.05) is 50.3 Å². The van der Waals surface area contributed by atoms with Crippen LogP contribution >= 0.6 is 0 Å². The molecule has 0 spiro atoms. The van der Waals surface area contributed by atoms with E-state index in [0.717, 1.165) is 64.2 Å². The predicted molar refractivity (Wildman–Crippen MR) is 116 cm³/mol. The molecular formula is C23H21N7O. The highest BCUT2D eigenvalue weighted by atomic mass is 16.4. The summed E-state index contributed by atoms with van der Waals surface area (Å²) in [6.07, 6.45) is 6.35. The second-order valence-electron chi connectivity index (χ2n) is 7.98. The lowest BCUT2D eigenvalue weighted by Gasteiger charge is -2.26. The fourth-order valence-electron chi connectivity index (χ4n) is 4.33. The van der Waals surface area contributed by atoms with Gasteiger partial charge >= 0.3 is 0 Å². The highest BCUT2D eigenvalue weighted by Crippen LogP contribution is 2.29. The average molecular weight is 411 g/mol. The van der Waals surface area contributed by atoms with Crippen molar-refractivity contribution in [1.29, 1.82) is 0 Å². The molecule has 0 radical (unpaired) electrons. The van der Waals surface area contributed by atoms with Gasteiger partial charge in [0.15, 0.2) is 5.89 Å². The summed E-state index contributed by atoms with van der Waals surface area (Å²) >= 11 is 0. The number of hydrogen-bond acceptors (Lipinski definition) is 7. The molecule has 5 heterocycles. The molecule has 2 aliphatic heterocycles. The average Bonchev–Trinajstić information content (AvgIpc) is 3.49. The molecule has 4 aromatic rings. The third kappa shape index (κ3) is 3.11. The Kier molecular flexibility index (Phi) is 3.99. The number of fused-ring (bicyclic) bond motifs is 2. The number of benzene rings is 1. The minimum atomic E-state index is 0.669. The molecule has 3 aromatic heterocycles. The van der Waals surface area contributed by atoms with E-state index in [4.69, 9.17) is 9.41 Å². The molecule has 2 aliphatic rings. The van der Waals surface area contributed by atoms with Crippen LogP contribution in [0, 0.1) is 6.92 Å². The Morgan fingerprint density at radius 2 is 2.03 bits per heavy atom. The van der Waals surface area contributed by atoms with E-state index in [1.807, 2.05) is 37.1 Å².